The molecule has 19 heavy (non-hydrogen) atoms. The fourth-order valence-corrected chi connectivity index (χ4v) is 2.29. The fourth-order valence-electron chi connectivity index (χ4n) is 2.29. The van der Waals surface area contributed by atoms with E-state index in [9.17, 15) is 13.2 Å². The summed E-state index contributed by atoms with van der Waals surface area (Å²) in [6, 6.07) is 3.62. The van der Waals surface area contributed by atoms with E-state index < -0.39 is 12.1 Å². The minimum atomic E-state index is -4.07. The van der Waals surface area contributed by atoms with Gasteiger partial charge in [-0.15, -0.1) is 0 Å². The van der Waals surface area contributed by atoms with E-state index in [0.717, 1.165) is 11.4 Å². The van der Waals surface area contributed by atoms with Crippen molar-refractivity contribution >= 4 is 5.82 Å². The van der Waals surface area contributed by atoms with Gasteiger partial charge in [0, 0.05) is 25.3 Å². The summed E-state index contributed by atoms with van der Waals surface area (Å²) in [5.41, 5.74) is 6.65. The van der Waals surface area contributed by atoms with E-state index >= 15 is 0 Å². The van der Waals surface area contributed by atoms with Gasteiger partial charge in [-0.25, -0.2) is 4.98 Å². The van der Waals surface area contributed by atoms with Crippen LogP contribution in [0.25, 0.3) is 0 Å². The maximum atomic E-state index is 12.6. The van der Waals surface area contributed by atoms with Crippen LogP contribution in [0.1, 0.15) is 31.4 Å². The van der Waals surface area contributed by atoms with E-state index in [1.807, 2.05) is 24.0 Å². The van der Waals surface area contributed by atoms with Crippen LogP contribution in [0.2, 0.25) is 0 Å². The third-order valence-electron chi connectivity index (χ3n) is 3.58. The molecular weight excluding hydrogens is 255 g/mol. The molecule has 0 saturated carbocycles. The molecule has 0 bridgehead atoms. The van der Waals surface area contributed by atoms with Crippen LogP contribution in [0.4, 0.5) is 19.0 Å². The molecule has 0 radical (unpaired) electrons. The Morgan fingerprint density at radius 2 is 1.95 bits per heavy atom. The first-order valence-electron chi connectivity index (χ1n) is 6.41. The smallest absolute Gasteiger partial charge is 0.357 e. The molecular formula is C13H18F3N3. The van der Waals surface area contributed by atoms with Crippen LogP contribution in [0.5, 0.6) is 0 Å². The zero-order chi connectivity index (χ0) is 14.0. The number of hydrogen-bond donors (Lipinski definition) is 1. The Hall–Kier alpha value is -1.30. The summed E-state index contributed by atoms with van der Waals surface area (Å²) in [6.45, 7) is 2.66. The molecule has 1 fully saturated rings. The van der Waals surface area contributed by atoms with E-state index in [4.69, 9.17) is 5.73 Å². The zero-order valence-corrected chi connectivity index (χ0v) is 10.8. The molecule has 1 aliphatic rings. The van der Waals surface area contributed by atoms with Crippen LogP contribution in [0.3, 0.4) is 0 Å². The molecule has 1 saturated heterocycles. The molecule has 3 nitrogen and oxygen atoms in total. The van der Waals surface area contributed by atoms with E-state index in [0.29, 0.717) is 13.1 Å². The van der Waals surface area contributed by atoms with Crippen molar-refractivity contribution in [2.45, 2.75) is 32.0 Å². The van der Waals surface area contributed by atoms with Crippen LogP contribution >= 0.6 is 0 Å². The average Bonchev–Trinajstić information content (AvgIpc) is 2.38. The topological polar surface area (TPSA) is 42.1 Å². The number of rotatable bonds is 2. The van der Waals surface area contributed by atoms with Crippen molar-refractivity contribution in [2.75, 3.05) is 18.0 Å². The van der Waals surface area contributed by atoms with Crippen molar-refractivity contribution < 1.29 is 13.2 Å². The lowest BCUT2D eigenvalue weighted by molar-refractivity contribution is -0.179. The quantitative estimate of drug-likeness (QED) is 0.901. The standard InChI is InChI=1S/C13H18F3N3/c1-9(17)10-2-3-12(18-8-10)19-6-4-11(5-7-19)13(14,15)16/h2-3,8-9,11H,4-7,17H2,1H3/t9-/m0/s1. The monoisotopic (exact) mass is 273 g/mol. The first-order valence-corrected chi connectivity index (χ1v) is 6.41. The number of halogens is 3. The van der Waals surface area contributed by atoms with Gasteiger partial charge in [-0.1, -0.05) is 6.07 Å². The summed E-state index contributed by atoms with van der Waals surface area (Å²) in [4.78, 5) is 6.17. The Kier molecular flexibility index (Phi) is 3.99. The number of alkyl halides is 3. The third-order valence-corrected chi connectivity index (χ3v) is 3.58. The summed E-state index contributed by atoms with van der Waals surface area (Å²) in [5.74, 6) is -0.447. The predicted molar refractivity (Wildman–Crippen MR) is 67.8 cm³/mol. The maximum absolute atomic E-state index is 12.6. The number of piperidine rings is 1. The van der Waals surface area contributed by atoms with Gasteiger partial charge >= 0.3 is 6.18 Å². The van der Waals surface area contributed by atoms with Crippen molar-refractivity contribution in [3.8, 4) is 0 Å². The Morgan fingerprint density at radius 1 is 1.32 bits per heavy atom. The highest BCUT2D eigenvalue weighted by Gasteiger charge is 2.41. The molecule has 2 rings (SSSR count). The lowest BCUT2D eigenvalue weighted by atomic mass is 9.96. The van der Waals surface area contributed by atoms with Crippen LogP contribution in [-0.4, -0.2) is 24.2 Å². The molecule has 0 amide bonds. The molecule has 106 valence electrons. The van der Waals surface area contributed by atoms with Crippen LogP contribution < -0.4 is 10.6 Å². The number of hydrogen-bond acceptors (Lipinski definition) is 3. The van der Waals surface area contributed by atoms with Gasteiger partial charge in [-0.2, -0.15) is 13.2 Å². The second-order valence-electron chi connectivity index (χ2n) is 5.04. The molecule has 0 aromatic carbocycles. The SMILES string of the molecule is C[C@H](N)c1ccc(N2CCC(C(F)(F)F)CC2)nc1. The molecule has 0 spiro atoms. The Morgan fingerprint density at radius 3 is 2.37 bits per heavy atom. The number of anilines is 1. The van der Waals surface area contributed by atoms with Crippen molar-refractivity contribution in [2.24, 2.45) is 11.7 Å². The van der Waals surface area contributed by atoms with Gasteiger partial charge in [0.15, 0.2) is 0 Å². The largest absolute Gasteiger partial charge is 0.391 e. The van der Waals surface area contributed by atoms with E-state index in [-0.39, 0.29) is 18.9 Å². The number of aromatic nitrogens is 1. The van der Waals surface area contributed by atoms with E-state index in [2.05, 4.69) is 4.98 Å². The molecule has 1 aromatic heterocycles. The summed E-state index contributed by atoms with van der Waals surface area (Å²) in [5, 5.41) is 0. The Labute approximate surface area is 110 Å². The van der Waals surface area contributed by atoms with Gasteiger partial charge in [-0.05, 0) is 31.4 Å². The summed E-state index contributed by atoms with van der Waals surface area (Å²) < 4.78 is 37.7. The number of nitrogens with two attached hydrogens (primary N) is 1. The van der Waals surface area contributed by atoms with Crippen molar-refractivity contribution in [3.05, 3.63) is 23.9 Å². The normalized spacial score (nSPS) is 19.5. The van der Waals surface area contributed by atoms with Gasteiger partial charge in [0.25, 0.3) is 0 Å². The number of nitrogens with zero attached hydrogens (tertiary/aromatic N) is 2. The summed E-state index contributed by atoms with van der Waals surface area (Å²) in [7, 11) is 0. The van der Waals surface area contributed by atoms with Crippen LogP contribution in [0, 0.1) is 5.92 Å². The Balaban J connectivity index is 1.98. The van der Waals surface area contributed by atoms with Gasteiger partial charge in [0.2, 0.25) is 0 Å². The first-order chi connectivity index (χ1) is 8.88. The lowest BCUT2D eigenvalue weighted by Crippen LogP contribution is -2.39. The summed E-state index contributed by atoms with van der Waals surface area (Å²) >= 11 is 0. The van der Waals surface area contributed by atoms with E-state index in [1.165, 1.54) is 0 Å². The highest BCUT2D eigenvalue weighted by Crippen LogP contribution is 2.35. The van der Waals surface area contributed by atoms with Crippen LogP contribution in [0.15, 0.2) is 18.3 Å². The molecule has 2 heterocycles. The lowest BCUT2D eigenvalue weighted by Gasteiger charge is -2.33. The Bertz CT molecular complexity index is 406. The van der Waals surface area contributed by atoms with Crippen molar-refractivity contribution in [3.63, 3.8) is 0 Å². The molecule has 1 atom stereocenters. The van der Waals surface area contributed by atoms with Crippen LogP contribution in [-0.2, 0) is 0 Å². The molecule has 1 aromatic rings. The molecule has 6 heteroatoms. The average molecular weight is 273 g/mol. The number of pyridine rings is 1. The predicted octanol–water partition coefficient (Wildman–Crippen LogP) is 2.88. The first kappa shape index (κ1) is 14.1. The zero-order valence-electron chi connectivity index (χ0n) is 10.8. The van der Waals surface area contributed by atoms with Gasteiger partial charge in [0.1, 0.15) is 5.82 Å². The molecule has 0 aliphatic carbocycles. The summed E-state index contributed by atoms with van der Waals surface area (Å²) in [6.07, 6.45) is -2.10. The molecule has 1 aliphatic heterocycles. The second kappa shape index (κ2) is 5.36. The second-order valence-corrected chi connectivity index (χ2v) is 5.04. The third kappa shape index (κ3) is 3.37. The van der Waals surface area contributed by atoms with Gasteiger partial charge < -0.3 is 10.6 Å². The molecule has 2 N–H and O–H groups in total. The minimum Gasteiger partial charge on any atom is -0.357 e. The van der Waals surface area contributed by atoms with Gasteiger partial charge in [-0.3, -0.25) is 0 Å². The van der Waals surface area contributed by atoms with E-state index in [1.54, 1.807) is 6.20 Å². The minimum absolute atomic E-state index is 0.0856. The van der Waals surface area contributed by atoms with Crippen molar-refractivity contribution in [1.82, 2.24) is 4.98 Å². The van der Waals surface area contributed by atoms with Gasteiger partial charge in [0.05, 0.1) is 5.92 Å². The molecule has 0 unspecified atom stereocenters. The highest BCUT2D eigenvalue weighted by atomic mass is 19.4. The highest BCUT2D eigenvalue weighted by molar-refractivity contribution is 5.40. The van der Waals surface area contributed by atoms with Crippen molar-refractivity contribution in [1.29, 1.82) is 0 Å². The fraction of sp³-hybridized carbons (Fsp3) is 0.615. The maximum Gasteiger partial charge on any atom is 0.391 e.